The molecule has 1 N–H and O–H groups in total. The van der Waals surface area contributed by atoms with Crippen LogP contribution in [0, 0.1) is 6.92 Å². The first-order chi connectivity index (χ1) is 10.7. The Labute approximate surface area is 132 Å². The molecule has 0 saturated carbocycles. The van der Waals surface area contributed by atoms with E-state index < -0.39 is 0 Å². The van der Waals surface area contributed by atoms with Gasteiger partial charge < -0.3 is 15.1 Å². The summed E-state index contributed by atoms with van der Waals surface area (Å²) in [6.45, 7) is 8.91. The summed E-state index contributed by atoms with van der Waals surface area (Å²) in [4.78, 5) is 13.9. The van der Waals surface area contributed by atoms with Crippen LogP contribution in [0.3, 0.4) is 0 Å². The number of nitrogens with one attached hydrogen (secondary N) is 1. The third kappa shape index (κ3) is 3.72. The van der Waals surface area contributed by atoms with Crippen LogP contribution in [-0.4, -0.2) is 66.1 Å². The van der Waals surface area contributed by atoms with E-state index >= 15 is 0 Å². The number of piperazine rings is 1. The van der Waals surface area contributed by atoms with Gasteiger partial charge in [0, 0.05) is 50.0 Å². The maximum atomic E-state index is 4.66. The Kier molecular flexibility index (Phi) is 4.85. The molecule has 2 aromatic rings. The van der Waals surface area contributed by atoms with Gasteiger partial charge in [0.05, 0.1) is 5.52 Å². The Bertz CT molecular complexity index is 619. The number of aromatic nitrogens is 2. The SMILES string of the molecule is Cc1nccc2nc(NCCCN3CCN(C)CC3)ccc12. The lowest BCUT2D eigenvalue weighted by atomic mass is 10.2. The number of rotatable bonds is 5. The van der Waals surface area contributed by atoms with Gasteiger partial charge in [0.2, 0.25) is 0 Å². The van der Waals surface area contributed by atoms with Crippen LogP contribution in [-0.2, 0) is 0 Å². The molecule has 118 valence electrons. The van der Waals surface area contributed by atoms with Gasteiger partial charge in [0.25, 0.3) is 0 Å². The molecular weight excluding hydrogens is 274 g/mol. The van der Waals surface area contributed by atoms with Crippen molar-refractivity contribution in [3.8, 4) is 0 Å². The summed E-state index contributed by atoms with van der Waals surface area (Å²) in [6, 6.07) is 6.12. The summed E-state index contributed by atoms with van der Waals surface area (Å²) in [7, 11) is 2.20. The van der Waals surface area contributed by atoms with Crippen molar-refractivity contribution < 1.29 is 0 Å². The Morgan fingerprint density at radius 1 is 1.14 bits per heavy atom. The van der Waals surface area contributed by atoms with Gasteiger partial charge >= 0.3 is 0 Å². The molecule has 0 amide bonds. The van der Waals surface area contributed by atoms with Crippen LogP contribution in [0.15, 0.2) is 24.4 Å². The topological polar surface area (TPSA) is 44.3 Å². The molecule has 0 aromatic carbocycles. The van der Waals surface area contributed by atoms with E-state index in [2.05, 4.69) is 38.2 Å². The highest BCUT2D eigenvalue weighted by Gasteiger charge is 2.12. The monoisotopic (exact) mass is 299 g/mol. The van der Waals surface area contributed by atoms with Crippen LogP contribution in [0.2, 0.25) is 0 Å². The minimum absolute atomic E-state index is 0.955. The molecule has 0 radical (unpaired) electrons. The van der Waals surface area contributed by atoms with E-state index in [1.807, 2.05) is 25.3 Å². The minimum atomic E-state index is 0.955. The fraction of sp³-hybridized carbons (Fsp3) is 0.529. The molecule has 1 saturated heterocycles. The fourth-order valence-corrected chi connectivity index (χ4v) is 2.89. The lowest BCUT2D eigenvalue weighted by Gasteiger charge is -2.32. The van der Waals surface area contributed by atoms with Gasteiger partial charge in [-0.1, -0.05) is 0 Å². The van der Waals surface area contributed by atoms with Crippen LogP contribution in [0.25, 0.3) is 10.9 Å². The number of nitrogens with zero attached hydrogens (tertiary/aromatic N) is 4. The molecular formula is C17H25N5. The Morgan fingerprint density at radius 3 is 2.77 bits per heavy atom. The number of aryl methyl sites for hydroxylation is 1. The summed E-state index contributed by atoms with van der Waals surface area (Å²) in [5.74, 6) is 0.955. The molecule has 3 rings (SSSR count). The second kappa shape index (κ2) is 7.03. The molecule has 0 unspecified atom stereocenters. The van der Waals surface area contributed by atoms with Gasteiger partial charge in [-0.3, -0.25) is 4.98 Å². The number of fused-ring (bicyclic) bond motifs is 1. The molecule has 0 aliphatic carbocycles. The van der Waals surface area contributed by atoms with Crippen LogP contribution in [0.1, 0.15) is 12.1 Å². The molecule has 0 spiro atoms. The second-order valence-corrected chi connectivity index (χ2v) is 6.08. The molecule has 1 fully saturated rings. The van der Waals surface area contributed by atoms with Crippen LogP contribution in [0.5, 0.6) is 0 Å². The summed E-state index contributed by atoms with van der Waals surface area (Å²) in [6.07, 6.45) is 2.97. The third-order valence-corrected chi connectivity index (χ3v) is 4.37. The van der Waals surface area contributed by atoms with Gasteiger partial charge in [-0.05, 0) is 45.1 Å². The second-order valence-electron chi connectivity index (χ2n) is 6.08. The largest absolute Gasteiger partial charge is 0.370 e. The zero-order valence-corrected chi connectivity index (χ0v) is 13.5. The highest BCUT2D eigenvalue weighted by molar-refractivity contribution is 5.81. The summed E-state index contributed by atoms with van der Waals surface area (Å²) < 4.78 is 0. The van der Waals surface area contributed by atoms with Gasteiger partial charge in [-0.15, -0.1) is 0 Å². The maximum Gasteiger partial charge on any atom is 0.126 e. The van der Waals surface area contributed by atoms with E-state index in [1.165, 1.54) is 26.2 Å². The van der Waals surface area contributed by atoms with E-state index in [4.69, 9.17) is 0 Å². The minimum Gasteiger partial charge on any atom is -0.370 e. The molecule has 5 nitrogen and oxygen atoms in total. The Morgan fingerprint density at radius 2 is 1.95 bits per heavy atom. The molecule has 3 heterocycles. The Balaban J connectivity index is 1.47. The highest BCUT2D eigenvalue weighted by atomic mass is 15.2. The van der Waals surface area contributed by atoms with Crippen molar-refractivity contribution in [1.82, 2.24) is 19.8 Å². The summed E-state index contributed by atoms with van der Waals surface area (Å²) in [5, 5.41) is 4.57. The summed E-state index contributed by atoms with van der Waals surface area (Å²) in [5.41, 5.74) is 2.04. The number of likely N-dealkylation sites (N-methyl/N-ethyl adjacent to an activating group) is 1. The van der Waals surface area contributed by atoms with Crippen LogP contribution in [0.4, 0.5) is 5.82 Å². The van der Waals surface area contributed by atoms with E-state index in [9.17, 15) is 0 Å². The zero-order valence-electron chi connectivity index (χ0n) is 13.5. The number of hydrogen-bond donors (Lipinski definition) is 1. The van der Waals surface area contributed by atoms with Crippen molar-refractivity contribution in [1.29, 1.82) is 0 Å². The van der Waals surface area contributed by atoms with Crippen molar-refractivity contribution >= 4 is 16.7 Å². The average Bonchev–Trinajstić information content (AvgIpc) is 2.53. The van der Waals surface area contributed by atoms with Gasteiger partial charge in [-0.25, -0.2) is 4.98 Å². The molecule has 22 heavy (non-hydrogen) atoms. The molecule has 0 atom stereocenters. The standard InChI is InChI=1S/C17H25N5/c1-14-15-4-5-17(20-16(15)6-8-18-14)19-7-3-9-22-12-10-21(2)11-13-22/h4-6,8H,3,7,9-13H2,1-2H3,(H,19,20). The van der Waals surface area contributed by atoms with E-state index in [1.54, 1.807) is 0 Å². The zero-order chi connectivity index (χ0) is 15.4. The van der Waals surface area contributed by atoms with Crippen molar-refractivity contribution in [2.45, 2.75) is 13.3 Å². The quantitative estimate of drug-likeness (QED) is 0.855. The highest BCUT2D eigenvalue weighted by Crippen LogP contribution is 2.16. The van der Waals surface area contributed by atoms with Gasteiger partial charge in [0.1, 0.15) is 5.82 Å². The van der Waals surface area contributed by atoms with Crippen LogP contribution >= 0.6 is 0 Å². The molecule has 1 aliphatic rings. The van der Waals surface area contributed by atoms with Crippen LogP contribution < -0.4 is 5.32 Å². The molecule has 5 heteroatoms. The van der Waals surface area contributed by atoms with Gasteiger partial charge in [0.15, 0.2) is 0 Å². The molecule has 1 aliphatic heterocycles. The normalized spacial score (nSPS) is 17.0. The first-order valence-corrected chi connectivity index (χ1v) is 8.09. The van der Waals surface area contributed by atoms with Crippen molar-refractivity contribution in [3.63, 3.8) is 0 Å². The number of pyridine rings is 2. The van der Waals surface area contributed by atoms with E-state index in [0.717, 1.165) is 41.9 Å². The maximum absolute atomic E-state index is 4.66. The average molecular weight is 299 g/mol. The van der Waals surface area contributed by atoms with Gasteiger partial charge in [-0.2, -0.15) is 0 Å². The smallest absolute Gasteiger partial charge is 0.126 e. The first-order valence-electron chi connectivity index (χ1n) is 8.09. The van der Waals surface area contributed by atoms with E-state index in [-0.39, 0.29) is 0 Å². The Hall–Kier alpha value is -1.72. The predicted octanol–water partition coefficient (Wildman–Crippen LogP) is 1.99. The number of anilines is 1. The molecule has 0 bridgehead atoms. The lowest BCUT2D eigenvalue weighted by Crippen LogP contribution is -2.44. The van der Waals surface area contributed by atoms with Crippen molar-refractivity contribution in [2.75, 3.05) is 51.6 Å². The van der Waals surface area contributed by atoms with Crippen molar-refractivity contribution in [3.05, 3.63) is 30.1 Å². The fourth-order valence-electron chi connectivity index (χ4n) is 2.89. The van der Waals surface area contributed by atoms with E-state index in [0.29, 0.717) is 0 Å². The molecule has 2 aromatic heterocycles. The first kappa shape index (κ1) is 15.2. The summed E-state index contributed by atoms with van der Waals surface area (Å²) >= 11 is 0. The number of hydrogen-bond acceptors (Lipinski definition) is 5. The third-order valence-electron chi connectivity index (χ3n) is 4.37. The predicted molar refractivity (Wildman–Crippen MR) is 91.3 cm³/mol. The van der Waals surface area contributed by atoms with Crippen molar-refractivity contribution in [2.24, 2.45) is 0 Å². The lowest BCUT2D eigenvalue weighted by molar-refractivity contribution is 0.154.